The van der Waals surface area contributed by atoms with Crippen LogP contribution in [0.3, 0.4) is 0 Å². The number of nitrogen functional groups attached to an aromatic ring is 1. The van der Waals surface area contributed by atoms with Crippen LogP contribution in [0.5, 0.6) is 0 Å². The van der Waals surface area contributed by atoms with E-state index in [1.165, 1.54) is 4.80 Å². The Balaban J connectivity index is 1.16. The van der Waals surface area contributed by atoms with Crippen LogP contribution in [-0.4, -0.2) is 72.1 Å². The molecular formula is C22H23N9O. The van der Waals surface area contributed by atoms with E-state index >= 15 is 0 Å². The largest absolute Gasteiger partial charge is 0.383 e. The Bertz CT molecular complexity index is 1230. The molecule has 0 radical (unpaired) electrons. The fourth-order valence-electron chi connectivity index (χ4n) is 3.81. The smallest absolute Gasteiger partial charge is 0.246 e. The average molecular weight is 429 g/mol. The van der Waals surface area contributed by atoms with Crippen LogP contribution in [0.1, 0.15) is 5.82 Å². The standard InChI is InChI=1S/C22H23N9O/c23-21-17-8-4-5-9-18(17)24-19(25-21)14-29-10-12-30(13-11-29)20(32)15-31-27-22(26-28-31)16-6-2-1-3-7-16/h1-9H,10-15H2,(H2,23,24,25). The van der Waals surface area contributed by atoms with Crippen LogP contribution in [0.25, 0.3) is 22.3 Å². The number of hydrogen-bond donors (Lipinski definition) is 1. The molecule has 0 bridgehead atoms. The lowest BCUT2D eigenvalue weighted by Gasteiger charge is -2.34. The zero-order chi connectivity index (χ0) is 21.9. The van der Waals surface area contributed by atoms with Gasteiger partial charge in [-0.2, -0.15) is 4.80 Å². The molecule has 0 atom stereocenters. The van der Waals surface area contributed by atoms with Gasteiger partial charge in [-0.15, -0.1) is 10.2 Å². The first-order valence-electron chi connectivity index (χ1n) is 10.5. The van der Waals surface area contributed by atoms with Crippen LogP contribution in [0.15, 0.2) is 54.6 Å². The number of piperazine rings is 1. The maximum atomic E-state index is 12.7. The minimum absolute atomic E-state index is 0.0205. The first-order chi connectivity index (χ1) is 15.7. The SMILES string of the molecule is Nc1nc(CN2CCN(C(=O)Cn3nnc(-c4ccccc4)n3)CC2)nc2ccccc12. The molecule has 2 N–H and O–H groups in total. The van der Waals surface area contributed by atoms with Crippen molar-refractivity contribution in [2.75, 3.05) is 31.9 Å². The quantitative estimate of drug-likeness (QED) is 0.503. The monoisotopic (exact) mass is 429 g/mol. The summed E-state index contributed by atoms with van der Waals surface area (Å²) in [5, 5.41) is 13.3. The Kier molecular flexibility index (Phi) is 5.42. The van der Waals surface area contributed by atoms with Crippen LogP contribution in [0.2, 0.25) is 0 Å². The summed E-state index contributed by atoms with van der Waals surface area (Å²) in [5.74, 6) is 1.68. The van der Waals surface area contributed by atoms with Crippen molar-refractivity contribution < 1.29 is 4.79 Å². The third-order valence-corrected chi connectivity index (χ3v) is 5.53. The molecule has 2 aromatic carbocycles. The van der Waals surface area contributed by atoms with Gasteiger partial charge in [0.1, 0.15) is 18.2 Å². The predicted molar refractivity (Wildman–Crippen MR) is 119 cm³/mol. The number of anilines is 1. The molecule has 0 saturated carbocycles. The second-order valence-corrected chi connectivity index (χ2v) is 7.71. The van der Waals surface area contributed by atoms with Gasteiger partial charge in [0, 0.05) is 37.1 Å². The van der Waals surface area contributed by atoms with Crippen molar-refractivity contribution in [3.63, 3.8) is 0 Å². The van der Waals surface area contributed by atoms with Gasteiger partial charge < -0.3 is 10.6 Å². The number of nitrogens with zero attached hydrogens (tertiary/aromatic N) is 8. The maximum Gasteiger partial charge on any atom is 0.246 e. The van der Waals surface area contributed by atoms with Gasteiger partial charge in [-0.1, -0.05) is 42.5 Å². The molecule has 162 valence electrons. The molecule has 10 nitrogen and oxygen atoms in total. The Labute approximate surface area is 184 Å². The molecule has 0 spiro atoms. The molecule has 4 aromatic rings. The summed E-state index contributed by atoms with van der Waals surface area (Å²) >= 11 is 0. The molecule has 32 heavy (non-hydrogen) atoms. The topological polar surface area (TPSA) is 119 Å². The van der Waals surface area contributed by atoms with E-state index in [0.717, 1.165) is 29.6 Å². The summed E-state index contributed by atoms with van der Waals surface area (Å²) in [4.78, 5) is 27.2. The van der Waals surface area contributed by atoms with Crippen LogP contribution >= 0.6 is 0 Å². The highest BCUT2D eigenvalue weighted by Gasteiger charge is 2.23. The highest BCUT2D eigenvalue weighted by molar-refractivity contribution is 5.87. The van der Waals surface area contributed by atoms with Crippen molar-refractivity contribution in [1.82, 2.24) is 40.0 Å². The Morgan fingerprint density at radius 3 is 2.50 bits per heavy atom. The van der Waals surface area contributed by atoms with E-state index in [2.05, 4.69) is 30.3 Å². The summed E-state index contributed by atoms with van der Waals surface area (Å²) < 4.78 is 0. The molecule has 10 heteroatoms. The van der Waals surface area contributed by atoms with Gasteiger partial charge in [0.25, 0.3) is 0 Å². The van der Waals surface area contributed by atoms with E-state index < -0.39 is 0 Å². The molecule has 5 rings (SSSR count). The molecule has 1 saturated heterocycles. The number of fused-ring (bicyclic) bond motifs is 1. The van der Waals surface area contributed by atoms with Crippen molar-refractivity contribution in [3.8, 4) is 11.4 Å². The molecule has 1 fully saturated rings. The van der Waals surface area contributed by atoms with Gasteiger partial charge in [-0.25, -0.2) is 9.97 Å². The van der Waals surface area contributed by atoms with Crippen molar-refractivity contribution in [2.24, 2.45) is 0 Å². The summed E-state index contributed by atoms with van der Waals surface area (Å²) in [5.41, 5.74) is 7.81. The first kappa shape index (κ1) is 20.0. The second-order valence-electron chi connectivity index (χ2n) is 7.71. The van der Waals surface area contributed by atoms with Crippen LogP contribution in [-0.2, 0) is 17.9 Å². The summed E-state index contributed by atoms with van der Waals surface area (Å²) in [6.07, 6.45) is 0. The lowest BCUT2D eigenvalue weighted by Crippen LogP contribution is -2.49. The zero-order valence-corrected chi connectivity index (χ0v) is 17.5. The molecule has 3 heterocycles. The maximum absolute atomic E-state index is 12.7. The van der Waals surface area contributed by atoms with Crippen molar-refractivity contribution in [1.29, 1.82) is 0 Å². The van der Waals surface area contributed by atoms with Gasteiger partial charge in [-0.05, 0) is 17.3 Å². The normalized spacial score (nSPS) is 14.7. The number of tetrazole rings is 1. The lowest BCUT2D eigenvalue weighted by molar-refractivity contribution is -0.134. The number of benzene rings is 2. The van der Waals surface area contributed by atoms with E-state index in [4.69, 9.17) is 5.73 Å². The van der Waals surface area contributed by atoms with Crippen molar-refractivity contribution in [2.45, 2.75) is 13.1 Å². The van der Waals surface area contributed by atoms with E-state index in [1.54, 1.807) is 0 Å². The molecule has 1 amide bonds. The van der Waals surface area contributed by atoms with Crippen molar-refractivity contribution in [3.05, 3.63) is 60.4 Å². The third kappa shape index (κ3) is 4.26. The number of aromatic nitrogens is 6. The molecule has 1 aliphatic heterocycles. The van der Waals surface area contributed by atoms with E-state index in [-0.39, 0.29) is 12.5 Å². The summed E-state index contributed by atoms with van der Waals surface area (Å²) in [7, 11) is 0. The summed E-state index contributed by atoms with van der Waals surface area (Å²) in [6, 6.07) is 17.3. The Hall–Kier alpha value is -3.92. The number of amides is 1. The first-order valence-corrected chi connectivity index (χ1v) is 10.5. The van der Waals surface area contributed by atoms with Crippen LogP contribution < -0.4 is 5.73 Å². The Morgan fingerprint density at radius 1 is 0.938 bits per heavy atom. The second kappa shape index (κ2) is 8.67. The number of para-hydroxylation sites is 1. The Morgan fingerprint density at radius 2 is 1.69 bits per heavy atom. The number of nitrogens with two attached hydrogens (primary N) is 1. The number of carbonyl (C=O) groups is 1. The average Bonchev–Trinajstić information content (AvgIpc) is 3.29. The molecular weight excluding hydrogens is 406 g/mol. The highest BCUT2D eigenvalue weighted by Crippen LogP contribution is 2.18. The van der Waals surface area contributed by atoms with Gasteiger partial charge in [-0.3, -0.25) is 9.69 Å². The summed E-state index contributed by atoms with van der Waals surface area (Å²) in [6.45, 7) is 3.40. The van der Waals surface area contributed by atoms with Gasteiger partial charge >= 0.3 is 0 Å². The number of rotatable bonds is 5. The van der Waals surface area contributed by atoms with Crippen LogP contribution in [0.4, 0.5) is 5.82 Å². The molecule has 1 aliphatic rings. The molecule has 0 unspecified atom stereocenters. The zero-order valence-electron chi connectivity index (χ0n) is 17.5. The van der Waals surface area contributed by atoms with E-state index in [0.29, 0.717) is 37.1 Å². The molecule has 2 aromatic heterocycles. The minimum atomic E-state index is -0.0205. The molecule has 0 aliphatic carbocycles. The minimum Gasteiger partial charge on any atom is -0.383 e. The fourth-order valence-corrected chi connectivity index (χ4v) is 3.81. The number of hydrogen-bond acceptors (Lipinski definition) is 8. The number of carbonyl (C=O) groups excluding carboxylic acids is 1. The predicted octanol–water partition coefficient (Wildman–Crippen LogP) is 1.21. The van der Waals surface area contributed by atoms with E-state index in [1.807, 2.05) is 59.5 Å². The highest BCUT2D eigenvalue weighted by atomic mass is 16.2. The van der Waals surface area contributed by atoms with Gasteiger partial charge in [0.2, 0.25) is 11.7 Å². The lowest BCUT2D eigenvalue weighted by atomic mass is 10.2. The van der Waals surface area contributed by atoms with Crippen LogP contribution in [0, 0.1) is 0 Å². The van der Waals surface area contributed by atoms with Crippen molar-refractivity contribution >= 4 is 22.6 Å². The van der Waals surface area contributed by atoms with Gasteiger partial charge in [0.05, 0.1) is 12.1 Å². The fraction of sp³-hybridized carbons (Fsp3) is 0.273. The van der Waals surface area contributed by atoms with E-state index in [9.17, 15) is 4.79 Å². The van der Waals surface area contributed by atoms with Gasteiger partial charge in [0.15, 0.2) is 0 Å². The third-order valence-electron chi connectivity index (χ3n) is 5.53.